The summed E-state index contributed by atoms with van der Waals surface area (Å²) in [4.78, 5) is 0. The summed E-state index contributed by atoms with van der Waals surface area (Å²) in [5.41, 5.74) is 1.86. The van der Waals surface area contributed by atoms with Gasteiger partial charge in [0.25, 0.3) is 0 Å². The zero-order valence-electron chi connectivity index (χ0n) is 13.1. The highest BCUT2D eigenvalue weighted by Crippen LogP contribution is 2.70. The summed E-state index contributed by atoms with van der Waals surface area (Å²) in [7, 11) is 2.18. The maximum absolute atomic E-state index is 3.91. The molecule has 4 fully saturated rings. The van der Waals surface area contributed by atoms with Crippen molar-refractivity contribution in [3.05, 3.63) is 12.7 Å². The Kier molecular flexibility index (Phi) is 3.13. The van der Waals surface area contributed by atoms with Crippen molar-refractivity contribution in [1.29, 1.82) is 0 Å². The number of allylic oxidation sites excluding steroid dienone is 1. The fraction of sp³-hybridized carbons (Fsp3) is 0.889. The fourth-order valence-electron chi connectivity index (χ4n) is 6.97. The molecule has 0 aliphatic heterocycles. The van der Waals surface area contributed by atoms with Crippen molar-refractivity contribution >= 4 is 0 Å². The van der Waals surface area contributed by atoms with Crippen molar-refractivity contribution in [3.63, 3.8) is 0 Å². The van der Waals surface area contributed by atoms with Gasteiger partial charge in [-0.2, -0.15) is 0 Å². The maximum Gasteiger partial charge on any atom is 0.0124 e. The molecule has 1 nitrogen and oxygen atoms in total. The van der Waals surface area contributed by atoms with Gasteiger partial charge in [0, 0.05) is 6.04 Å². The quantitative estimate of drug-likeness (QED) is 0.717. The molecular formula is C18H31N. The molecule has 0 saturated heterocycles. The fourth-order valence-corrected chi connectivity index (χ4v) is 6.97. The maximum atomic E-state index is 3.91. The molecule has 4 rings (SSSR count). The Hall–Kier alpha value is -0.300. The highest BCUT2D eigenvalue weighted by atomic mass is 14.9. The van der Waals surface area contributed by atoms with E-state index >= 15 is 0 Å². The minimum absolute atomic E-state index is 0.584. The summed E-state index contributed by atoms with van der Waals surface area (Å²) in [5.74, 6) is 1.01. The molecule has 4 bridgehead atoms. The van der Waals surface area contributed by atoms with Crippen molar-refractivity contribution in [1.82, 2.24) is 5.32 Å². The summed E-state index contributed by atoms with van der Waals surface area (Å²) in [6, 6.07) is 0.701. The van der Waals surface area contributed by atoms with Crippen LogP contribution < -0.4 is 5.32 Å². The molecule has 0 aromatic carbocycles. The third kappa shape index (κ3) is 2.18. The van der Waals surface area contributed by atoms with Crippen LogP contribution in [0.3, 0.4) is 0 Å². The van der Waals surface area contributed by atoms with Gasteiger partial charge in [-0.15, -0.1) is 6.58 Å². The summed E-state index contributed by atoms with van der Waals surface area (Å²) in [5, 5.41) is 3.68. The van der Waals surface area contributed by atoms with Crippen LogP contribution in [-0.2, 0) is 0 Å². The van der Waals surface area contributed by atoms with Gasteiger partial charge in [0.05, 0.1) is 0 Å². The van der Waals surface area contributed by atoms with Crippen LogP contribution in [0.2, 0.25) is 0 Å². The van der Waals surface area contributed by atoms with Crippen LogP contribution in [-0.4, -0.2) is 13.1 Å². The van der Waals surface area contributed by atoms with E-state index in [0.29, 0.717) is 22.3 Å². The Morgan fingerprint density at radius 1 is 1.16 bits per heavy atom. The topological polar surface area (TPSA) is 12.0 Å². The third-order valence-corrected chi connectivity index (χ3v) is 6.42. The molecule has 0 heterocycles. The molecule has 0 spiro atoms. The van der Waals surface area contributed by atoms with Gasteiger partial charge < -0.3 is 5.32 Å². The Morgan fingerprint density at radius 3 is 2.26 bits per heavy atom. The third-order valence-electron chi connectivity index (χ3n) is 6.42. The second-order valence-corrected chi connectivity index (χ2v) is 8.70. The molecule has 19 heavy (non-hydrogen) atoms. The van der Waals surface area contributed by atoms with E-state index in [1.165, 1.54) is 44.9 Å². The minimum atomic E-state index is 0.584. The van der Waals surface area contributed by atoms with Crippen LogP contribution in [0.4, 0.5) is 0 Å². The molecule has 0 aromatic rings. The monoisotopic (exact) mass is 261 g/mol. The van der Waals surface area contributed by atoms with E-state index in [9.17, 15) is 0 Å². The van der Waals surface area contributed by atoms with Crippen LogP contribution in [0, 0.1) is 22.2 Å². The predicted octanol–water partition coefficient (Wildman–Crippen LogP) is 4.54. The Morgan fingerprint density at radius 2 is 1.79 bits per heavy atom. The first-order valence-electron chi connectivity index (χ1n) is 8.21. The number of nitrogens with one attached hydrogen (secondary N) is 1. The van der Waals surface area contributed by atoms with E-state index < -0.39 is 0 Å². The van der Waals surface area contributed by atoms with Gasteiger partial charge in [0.1, 0.15) is 0 Å². The molecule has 0 radical (unpaired) electrons. The molecule has 1 N–H and O–H groups in total. The molecule has 0 aromatic heterocycles. The Balaban J connectivity index is 1.88. The first kappa shape index (κ1) is 13.7. The standard InChI is InChI=1S/C18H31N/c1-5-6-7-15(19-4)18-10-14-8-16(2,12-18)11-17(3,9-14)13-18/h5,14-15,19H,1,6-13H2,2-4H3. The summed E-state index contributed by atoms with van der Waals surface area (Å²) in [6.07, 6.45) is 13.4. The van der Waals surface area contributed by atoms with E-state index in [0.717, 1.165) is 12.3 Å². The van der Waals surface area contributed by atoms with Crippen LogP contribution in [0.15, 0.2) is 12.7 Å². The molecular weight excluding hydrogens is 230 g/mol. The van der Waals surface area contributed by atoms with E-state index in [1.807, 2.05) is 0 Å². The lowest BCUT2D eigenvalue weighted by molar-refractivity contribution is -0.157. The van der Waals surface area contributed by atoms with Crippen molar-refractivity contribution in [3.8, 4) is 0 Å². The van der Waals surface area contributed by atoms with Crippen molar-refractivity contribution in [2.45, 2.75) is 71.3 Å². The van der Waals surface area contributed by atoms with E-state index in [4.69, 9.17) is 0 Å². The summed E-state index contributed by atoms with van der Waals surface area (Å²) >= 11 is 0. The molecule has 0 amide bonds. The van der Waals surface area contributed by atoms with Crippen LogP contribution in [0.5, 0.6) is 0 Å². The highest BCUT2D eigenvalue weighted by Gasteiger charge is 2.61. The molecule has 3 unspecified atom stereocenters. The molecule has 4 saturated carbocycles. The lowest BCUT2D eigenvalue weighted by Gasteiger charge is -2.67. The first-order chi connectivity index (χ1) is 8.93. The number of hydrogen-bond acceptors (Lipinski definition) is 1. The second-order valence-electron chi connectivity index (χ2n) is 8.70. The van der Waals surface area contributed by atoms with Gasteiger partial charge in [-0.05, 0) is 80.6 Å². The number of rotatable bonds is 5. The van der Waals surface area contributed by atoms with Crippen LogP contribution >= 0.6 is 0 Å². The normalized spacial score (nSPS) is 49.3. The van der Waals surface area contributed by atoms with Gasteiger partial charge in [-0.1, -0.05) is 19.9 Å². The Bertz CT molecular complexity index is 354. The van der Waals surface area contributed by atoms with Crippen LogP contribution in [0.1, 0.15) is 65.2 Å². The largest absolute Gasteiger partial charge is 0.316 e. The van der Waals surface area contributed by atoms with E-state index in [2.05, 4.69) is 38.9 Å². The van der Waals surface area contributed by atoms with Crippen molar-refractivity contribution in [2.75, 3.05) is 7.05 Å². The number of hydrogen-bond donors (Lipinski definition) is 1. The summed E-state index contributed by atoms with van der Waals surface area (Å²) in [6.45, 7) is 9.06. The first-order valence-corrected chi connectivity index (χ1v) is 8.21. The SMILES string of the molecule is C=CCCC(NC)C12CC3CC(C)(CC(C)(C3)C1)C2. The summed E-state index contributed by atoms with van der Waals surface area (Å²) < 4.78 is 0. The highest BCUT2D eigenvalue weighted by molar-refractivity contribution is 5.13. The molecule has 3 atom stereocenters. The van der Waals surface area contributed by atoms with Gasteiger partial charge in [-0.3, -0.25) is 0 Å². The van der Waals surface area contributed by atoms with Crippen LogP contribution in [0.25, 0.3) is 0 Å². The average Bonchev–Trinajstić information content (AvgIpc) is 2.24. The lowest BCUT2D eigenvalue weighted by atomic mass is 9.39. The molecule has 108 valence electrons. The molecule has 4 aliphatic carbocycles. The zero-order chi connectivity index (χ0) is 13.7. The van der Waals surface area contributed by atoms with Gasteiger partial charge in [0.15, 0.2) is 0 Å². The Labute approximate surface area is 119 Å². The van der Waals surface area contributed by atoms with Gasteiger partial charge >= 0.3 is 0 Å². The van der Waals surface area contributed by atoms with Crippen molar-refractivity contribution < 1.29 is 0 Å². The average molecular weight is 261 g/mol. The zero-order valence-corrected chi connectivity index (χ0v) is 13.1. The predicted molar refractivity (Wildman–Crippen MR) is 82.1 cm³/mol. The van der Waals surface area contributed by atoms with E-state index in [1.54, 1.807) is 0 Å². The smallest absolute Gasteiger partial charge is 0.0124 e. The van der Waals surface area contributed by atoms with Gasteiger partial charge in [-0.25, -0.2) is 0 Å². The van der Waals surface area contributed by atoms with E-state index in [-0.39, 0.29) is 0 Å². The van der Waals surface area contributed by atoms with Crippen molar-refractivity contribution in [2.24, 2.45) is 22.2 Å². The lowest BCUT2D eigenvalue weighted by Crippen LogP contribution is -2.61. The molecule has 4 aliphatic rings. The molecule has 1 heteroatoms. The minimum Gasteiger partial charge on any atom is -0.316 e. The second kappa shape index (κ2) is 4.35. The van der Waals surface area contributed by atoms with Gasteiger partial charge in [0.2, 0.25) is 0 Å².